The zero-order valence-corrected chi connectivity index (χ0v) is 18.1. The quantitative estimate of drug-likeness (QED) is 0.366. The average Bonchev–Trinajstić information content (AvgIpc) is 3.06. The molecule has 2 nitrogen and oxygen atoms in total. The van der Waals surface area contributed by atoms with Crippen LogP contribution in [-0.2, 0) is 12.0 Å². The molecule has 0 aliphatic carbocycles. The monoisotopic (exact) mass is 382 g/mol. The van der Waals surface area contributed by atoms with Gasteiger partial charge in [-0.25, -0.2) is 4.98 Å². The molecule has 1 heterocycles. The van der Waals surface area contributed by atoms with Gasteiger partial charge in [-0.15, -0.1) is 0 Å². The summed E-state index contributed by atoms with van der Waals surface area (Å²) in [5.74, 6) is 1.58. The van der Waals surface area contributed by atoms with E-state index in [4.69, 9.17) is 4.98 Å². The maximum absolute atomic E-state index is 4.98. The Balaban J connectivity index is 1.77. The normalized spacial score (nSPS) is 12.1. The zero-order chi connectivity index (χ0) is 20.6. The van der Waals surface area contributed by atoms with Crippen LogP contribution in [0.15, 0.2) is 72.8 Å². The predicted octanol–water partition coefficient (Wildman–Crippen LogP) is 7.17. The van der Waals surface area contributed by atoms with Crippen molar-refractivity contribution in [2.24, 2.45) is 0 Å². The number of aromatic nitrogens is 2. The predicted molar refractivity (Wildman–Crippen MR) is 124 cm³/mol. The van der Waals surface area contributed by atoms with Crippen LogP contribution in [0.5, 0.6) is 0 Å². The molecule has 0 bridgehead atoms. The summed E-state index contributed by atoms with van der Waals surface area (Å²) in [7, 11) is 0. The third-order valence-corrected chi connectivity index (χ3v) is 5.65. The minimum Gasteiger partial charge on any atom is -0.319 e. The molecule has 0 spiro atoms. The molecule has 29 heavy (non-hydrogen) atoms. The molecule has 0 N–H and O–H groups in total. The molecular formula is C27H30N2. The molecule has 0 saturated carbocycles. The van der Waals surface area contributed by atoms with E-state index >= 15 is 0 Å². The van der Waals surface area contributed by atoms with Gasteiger partial charge in [-0.1, -0.05) is 95.3 Å². The van der Waals surface area contributed by atoms with E-state index in [0.717, 1.165) is 23.4 Å². The maximum Gasteiger partial charge on any atom is 0.141 e. The number of hydrogen-bond acceptors (Lipinski definition) is 1. The highest BCUT2D eigenvalue weighted by molar-refractivity contribution is 5.80. The van der Waals surface area contributed by atoms with Gasteiger partial charge in [0, 0.05) is 12.1 Å². The molecule has 0 unspecified atom stereocenters. The van der Waals surface area contributed by atoms with Crippen molar-refractivity contribution in [3.8, 4) is 11.4 Å². The first-order valence-corrected chi connectivity index (χ1v) is 10.5. The Morgan fingerprint density at radius 1 is 0.828 bits per heavy atom. The molecule has 0 saturated heterocycles. The van der Waals surface area contributed by atoms with Crippen LogP contribution >= 0.6 is 0 Å². The van der Waals surface area contributed by atoms with Gasteiger partial charge >= 0.3 is 0 Å². The lowest BCUT2D eigenvalue weighted by atomic mass is 9.87. The third kappa shape index (κ3) is 3.98. The second kappa shape index (κ2) is 7.51. The van der Waals surface area contributed by atoms with E-state index in [1.165, 1.54) is 22.2 Å². The van der Waals surface area contributed by atoms with E-state index in [1.807, 2.05) is 0 Å². The van der Waals surface area contributed by atoms with Gasteiger partial charge < -0.3 is 4.57 Å². The molecule has 4 aromatic rings. The van der Waals surface area contributed by atoms with Gasteiger partial charge in [-0.05, 0) is 40.2 Å². The van der Waals surface area contributed by atoms with Gasteiger partial charge in [0.25, 0.3) is 0 Å². The summed E-state index contributed by atoms with van der Waals surface area (Å²) >= 11 is 0. The first kappa shape index (κ1) is 19.4. The number of fused-ring (bicyclic) bond motifs is 1. The molecule has 0 aliphatic heterocycles. The fraction of sp³-hybridized carbons (Fsp3) is 0.296. The zero-order valence-electron chi connectivity index (χ0n) is 18.1. The molecule has 1 aromatic heterocycles. The number of benzene rings is 3. The molecule has 148 valence electrons. The van der Waals surface area contributed by atoms with Crippen molar-refractivity contribution >= 4 is 11.0 Å². The number of imidazole rings is 1. The van der Waals surface area contributed by atoms with E-state index < -0.39 is 0 Å². The largest absolute Gasteiger partial charge is 0.319 e. The smallest absolute Gasteiger partial charge is 0.141 e. The van der Waals surface area contributed by atoms with Gasteiger partial charge in [0.15, 0.2) is 0 Å². The Morgan fingerprint density at radius 2 is 1.48 bits per heavy atom. The van der Waals surface area contributed by atoms with Crippen molar-refractivity contribution < 1.29 is 0 Å². The molecule has 2 heteroatoms. The topological polar surface area (TPSA) is 17.8 Å². The fourth-order valence-corrected chi connectivity index (χ4v) is 3.77. The van der Waals surface area contributed by atoms with E-state index in [1.54, 1.807) is 0 Å². The summed E-state index contributed by atoms with van der Waals surface area (Å²) < 4.78 is 2.34. The summed E-state index contributed by atoms with van der Waals surface area (Å²) in [5, 5.41) is 0. The Kier molecular flexibility index (Phi) is 5.04. The van der Waals surface area contributed by atoms with Crippen molar-refractivity contribution in [1.29, 1.82) is 0 Å². The molecule has 0 radical (unpaired) electrons. The van der Waals surface area contributed by atoms with Crippen LogP contribution in [0.1, 0.15) is 57.2 Å². The Bertz CT molecular complexity index is 1110. The highest BCUT2D eigenvalue weighted by Crippen LogP contribution is 2.29. The summed E-state index contributed by atoms with van der Waals surface area (Å²) in [6, 6.07) is 26.3. The summed E-state index contributed by atoms with van der Waals surface area (Å²) in [4.78, 5) is 4.98. The van der Waals surface area contributed by atoms with E-state index in [2.05, 4.69) is 112 Å². The highest BCUT2D eigenvalue weighted by atomic mass is 15.1. The third-order valence-electron chi connectivity index (χ3n) is 5.65. The van der Waals surface area contributed by atoms with Crippen molar-refractivity contribution in [2.45, 2.75) is 52.5 Å². The molecule has 3 aromatic carbocycles. The van der Waals surface area contributed by atoms with Crippen LogP contribution in [0, 0.1) is 0 Å². The van der Waals surface area contributed by atoms with Gasteiger partial charge in [-0.2, -0.15) is 0 Å². The molecule has 0 fully saturated rings. The van der Waals surface area contributed by atoms with Gasteiger partial charge in [0.05, 0.1) is 11.0 Å². The number of nitrogens with zero attached hydrogens (tertiary/aromatic N) is 2. The van der Waals surface area contributed by atoms with Crippen LogP contribution in [0.2, 0.25) is 0 Å². The number of hydrogen-bond donors (Lipinski definition) is 0. The van der Waals surface area contributed by atoms with Crippen molar-refractivity contribution in [2.75, 3.05) is 0 Å². The lowest BCUT2D eigenvalue weighted by Crippen LogP contribution is -2.10. The van der Waals surface area contributed by atoms with E-state index in [9.17, 15) is 0 Å². The highest BCUT2D eigenvalue weighted by Gasteiger charge is 2.16. The lowest BCUT2D eigenvalue weighted by Gasteiger charge is -2.19. The van der Waals surface area contributed by atoms with Gasteiger partial charge in [-0.3, -0.25) is 0 Å². The second-order valence-corrected chi connectivity index (χ2v) is 9.23. The first-order valence-electron chi connectivity index (χ1n) is 10.5. The van der Waals surface area contributed by atoms with Crippen LogP contribution in [0.4, 0.5) is 0 Å². The van der Waals surface area contributed by atoms with Crippen LogP contribution in [-0.4, -0.2) is 9.55 Å². The van der Waals surface area contributed by atoms with Crippen LogP contribution in [0.3, 0.4) is 0 Å². The van der Waals surface area contributed by atoms with Crippen molar-refractivity contribution in [3.05, 3.63) is 89.5 Å². The Hall–Kier alpha value is -2.87. The molecule has 0 amide bonds. The SMILES string of the molecule is CC(C)c1ccc(Cn2c(-c3ccc(C(C)(C)C)cc3)nc3ccccc32)cc1. The minimum atomic E-state index is 0.150. The molecule has 4 rings (SSSR count). The van der Waals surface area contributed by atoms with E-state index in [0.29, 0.717) is 5.92 Å². The van der Waals surface area contributed by atoms with Gasteiger partial charge in [0.1, 0.15) is 5.82 Å². The summed E-state index contributed by atoms with van der Waals surface area (Å²) in [5.41, 5.74) is 7.54. The molecular weight excluding hydrogens is 352 g/mol. The summed E-state index contributed by atoms with van der Waals surface area (Å²) in [6.45, 7) is 12.0. The fourth-order valence-electron chi connectivity index (χ4n) is 3.77. The minimum absolute atomic E-state index is 0.150. The van der Waals surface area contributed by atoms with Crippen molar-refractivity contribution in [1.82, 2.24) is 9.55 Å². The number of para-hydroxylation sites is 2. The van der Waals surface area contributed by atoms with Crippen LogP contribution in [0.25, 0.3) is 22.4 Å². The second-order valence-electron chi connectivity index (χ2n) is 9.23. The van der Waals surface area contributed by atoms with E-state index in [-0.39, 0.29) is 5.41 Å². The molecule has 0 atom stereocenters. The Labute approximate surface area is 174 Å². The molecule has 0 aliphatic rings. The maximum atomic E-state index is 4.98. The lowest BCUT2D eigenvalue weighted by molar-refractivity contribution is 0.590. The summed E-state index contributed by atoms with van der Waals surface area (Å²) in [6.07, 6.45) is 0. The van der Waals surface area contributed by atoms with Gasteiger partial charge in [0.2, 0.25) is 0 Å². The first-order chi connectivity index (χ1) is 13.8. The average molecular weight is 383 g/mol. The van der Waals surface area contributed by atoms with Crippen molar-refractivity contribution in [3.63, 3.8) is 0 Å². The standard InChI is InChI=1S/C27H30N2/c1-19(2)21-12-10-20(11-13-21)18-29-25-9-7-6-8-24(25)28-26(29)22-14-16-23(17-15-22)27(3,4)5/h6-17,19H,18H2,1-5H3. The Morgan fingerprint density at radius 3 is 2.10 bits per heavy atom. The number of rotatable bonds is 4. The van der Waals surface area contributed by atoms with Crippen LogP contribution < -0.4 is 0 Å².